The van der Waals surface area contributed by atoms with Crippen molar-refractivity contribution >= 4 is 5.69 Å². The first-order chi connectivity index (χ1) is 12.7. The Morgan fingerprint density at radius 2 is 1.62 bits per heavy atom. The molecule has 0 bridgehead atoms. The van der Waals surface area contributed by atoms with Crippen LogP contribution < -0.4 is 4.90 Å². The van der Waals surface area contributed by atoms with E-state index in [4.69, 9.17) is 0 Å². The van der Waals surface area contributed by atoms with Crippen LogP contribution in [-0.4, -0.2) is 66.1 Å². The Morgan fingerprint density at radius 1 is 0.923 bits per heavy atom. The van der Waals surface area contributed by atoms with Gasteiger partial charge in [-0.3, -0.25) is 4.90 Å². The Hall–Kier alpha value is -1.98. The summed E-state index contributed by atoms with van der Waals surface area (Å²) in [5, 5.41) is 0. The number of hydrogen-bond acceptors (Lipinski definition) is 5. The summed E-state index contributed by atoms with van der Waals surface area (Å²) in [5.74, 6) is 0.830. The van der Waals surface area contributed by atoms with Gasteiger partial charge < -0.3 is 9.80 Å². The van der Waals surface area contributed by atoms with Crippen molar-refractivity contribution in [2.75, 3.05) is 51.2 Å². The van der Waals surface area contributed by atoms with Crippen molar-refractivity contribution in [1.82, 2.24) is 19.8 Å². The summed E-state index contributed by atoms with van der Waals surface area (Å²) in [7, 11) is 2.20. The minimum absolute atomic E-state index is 0.830. The van der Waals surface area contributed by atoms with Crippen LogP contribution in [0, 0.1) is 6.92 Å². The molecule has 2 saturated heterocycles. The summed E-state index contributed by atoms with van der Waals surface area (Å²) in [6.07, 6.45) is 6.50. The molecular weight excluding hydrogens is 322 g/mol. The Morgan fingerprint density at radius 3 is 2.27 bits per heavy atom. The SMILES string of the molecule is Cc1cc(CN2CCN(C)CC2)ccc1-c1ncc(N2CCCC2)cn1. The highest BCUT2D eigenvalue weighted by molar-refractivity contribution is 5.61. The van der Waals surface area contributed by atoms with Crippen LogP contribution in [0.5, 0.6) is 0 Å². The lowest BCUT2D eigenvalue weighted by molar-refractivity contribution is 0.148. The van der Waals surface area contributed by atoms with Crippen LogP contribution in [0.25, 0.3) is 11.4 Å². The summed E-state index contributed by atoms with van der Waals surface area (Å²) in [5.41, 5.74) is 4.92. The predicted molar refractivity (Wildman–Crippen MR) is 106 cm³/mol. The third kappa shape index (κ3) is 3.89. The molecule has 0 radical (unpaired) electrons. The lowest BCUT2D eigenvalue weighted by atomic mass is 10.0. The van der Waals surface area contributed by atoms with Gasteiger partial charge >= 0.3 is 0 Å². The van der Waals surface area contributed by atoms with Crippen LogP contribution in [0.3, 0.4) is 0 Å². The van der Waals surface area contributed by atoms with E-state index < -0.39 is 0 Å². The fourth-order valence-electron chi connectivity index (χ4n) is 3.94. The van der Waals surface area contributed by atoms with Crippen LogP contribution in [0.15, 0.2) is 30.6 Å². The zero-order valence-electron chi connectivity index (χ0n) is 16.0. The third-order valence-electron chi connectivity index (χ3n) is 5.64. The number of piperazine rings is 1. The summed E-state index contributed by atoms with van der Waals surface area (Å²) >= 11 is 0. The van der Waals surface area contributed by atoms with E-state index in [0.29, 0.717) is 0 Å². The van der Waals surface area contributed by atoms with E-state index in [1.807, 2.05) is 12.4 Å². The van der Waals surface area contributed by atoms with Crippen molar-refractivity contribution in [3.8, 4) is 11.4 Å². The predicted octanol–water partition coefficient (Wildman–Crippen LogP) is 2.80. The molecule has 2 aromatic rings. The second kappa shape index (κ2) is 7.72. The van der Waals surface area contributed by atoms with Crippen LogP contribution >= 0.6 is 0 Å². The molecule has 0 N–H and O–H groups in total. The highest BCUT2D eigenvalue weighted by Gasteiger charge is 2.16. The van der Waals surface area contributed by atoms with E-state index in [9.17, 15) is 0 Å². The van der Waals surface area contributed by atoms with Crippen LogP contribution in [-0.2, 0) is 6.54 Å². The van der Waals surface area contributed by atoms with Crippen LogP contribution in [0.1, 0.15) is 24.0 Å². The van der Waals surface area contributed by atoms with Crippen molar-refractivity contribution < 1.29 is 0 Å². The quantitative estimate of drug-likeness (QED) is 0.846. The van der Waals surface area contributed by atoms with E-state index >= 15 is 0 Å². The Kier molecular flexibility index (Phi) is 5.18. The van der Waals surface area contributed by atoms with Gasteiger partial charge in [0, 0.05) is 51.4 Å². The number of aromatic nitrogens is 2. The maximum absolute atomic E-state index is 4.64. The molecule has 138 valence electrons. The first kappa shape index (κ1) is 17.4. The molecule has 4 rings (SSSR count). The van der Waals surface area contributed by atoms with Gasteiger partial charge in [0.25, 0.3) is 0 Å². The zero-order chi connectivity index (χ0) is 17.9. The van der Waals surface area contributed by atoms with Crippen molar-refractivity contribution in [2.24, 2.45) is 0 Å². The Bertz CT molecular complexity index is 729. The number of rotatable bonds is 4. The van der Waals surface area contributed by atoms with E-state index in [1.54, 1.807) is 0 Å². The van der Waals surface area contributed by atoms with Crippen molar-refractivity contribution in [3.63, 3.8) is 0 Å². The van der Waals surface area contributed by atoms with Gasteiger partial charge in [-0.1, -0.05) is 18.2 Å². The molecule has 2 fully saturated rings. The summed E-state index contributed by atoms with van der Waals surface area (Å²) in [4.78, 5) is 16.6. The second-order valence-corrected chi connectivity index (χ2v) is 7.69. The Balaban J connectivity index is 1.45. The maximum Gasteiger partial charge on any atom is 0.159 e. The second-order valence-electron chi connectivity index (χ2n) is 7.69. The van der Waals surface area contributed by atoms with E-state index in [0.717, 1.165) is 62.9 Å². The molecule has 0 spiro atoms. The molecule has 5 nitrogen and oxygen atoms in total. The van der Waals surface area contributed by atoms with Gasteiger partial charge in [0.1, 0.15) is 0 Å². The van der Waals surface area contributed by atoms with Gasteiger partial charge in [0.05, 0.1) is 18.1 Å². The van der Waals surface area contributed by atoms with Crippen LogP contribution in [0.4, 0.5) is 5.69 Å². The fraction of sp³-hybridized carbons (Fsp3) is 0.524. The Labute approximate surface area is 156 Å². The molecule has 0 amide bonds. The number of benzene rings is 1. The number of likely N-dealkylation sites (N-methyl/N-ethyl adjacent to an activating group) is 1. The molecule has 0 aliphatic carbocycles. The molecule has 0 atom stereocenters. The third-order valence-corrected chi connectivity index (χ3v) is 5.64. The molecular formula is C21H29N5. The van der Waals surface area contributed by atoms with E-state index in [-0.39, 0.29) is 0 Å². The van der Waals surface area contributed by atoms with Gasteiger partial charge in [0.2, 0.25) is 0 Å². The average Bonchev–Trinajstić information content (AvgIpc) is 3.19. The molecule has 0 saturated carbocycles. The minimum Gasteiger partial charge on any atom is -0.369 e. The van der Waals surface area contributed by atoms with Crippen molar-refractivity contribution in [1.29, 1.82) is 0 Å². The topological polar surface area (TPSA) is 35.5 Å². The van der Waals surface area contributed by atoms with Gasteiger partial charge in [-0.05, 0) is 37.9 Å². The largest absolute Gasteiger partial charge is 0.369 e. The average molecular weight is 351 g/mol. The smallest absolute Gasteiger partial charge is 0.159 e. The van der Waals surface area contributed by atoms with Crippen molar-refractivity contribution in [2.45, 2.75) is 26.3 Å². The van der Waals surface area contributed by atoms with Gasteiger partial charge in [-0.15, -0.1) is 0 Å². The molecule has 1 aromatic carbocycles. The van der Waals surface area contributed by atoms with Crippen LogP contribution in [0.2, 0.25) is 0 Å². The lowest BCUT2D eigenvalue weighted by Crippen LogP contribution is -2.43. The normalized spacial score (nSPS) is 19.2. The first-order valence-electron chi connectivity index (χ1n) is 9.77. The zero-order valence-corrected chi connectivity index (χ0v) is 16.0. The van der Waals surface area contributed by atoms with Gasteiger partial charge in [-0.25, -0.2) is 9.97 Å². The monoisotopic (exact) mass is 351 g/mol. The number of anilines is 1. The minimum atomic E-state index is 0.830. The number of nitrogens with zero attached hydrogens (tertiary/aromatic N) is 5. The van der Waals surface area contributed by atoms with Gasteiger partial charge in [-0.2, -0.15) is 0 Å². The number of hydrogen-bond donors (Lipinski definition) is 0. The molecule has 26 heavy (non-hydrogen) atoms. The summed E-state index contributed by atoms with van der Waals surface area (Å²) in [6.45, 7) is 10.1. The molecule has 0 unspecified atom stereocenters. The maximum atomic E-state index is 4.64. The summed E-state index contributed by atoms with van der Waals surface area (Å²) < 4.78 is 0. The molecule has 2 aliphatic heterocycles. The molecule has 2 aliphatic rings. The fourth-order valence-corrected chi connectivity index (χ4v) is 3.94. The first-order valence-corrected chi connectivity index (χ1v) is 9.77. The van der Waals surface area contributed by atoms with E-state index in [1.165, 1.54) is 24.0 Å². The van der Waals surface area contributed by atoms with Gasteiger partial charge in [0.15, 0.2) is 5.82 Å². The molecule has 1 aromatic heterocycles. The van der Waals surface area contributed by atoms with E-state index in [2.05, 4.69) is 56.8 Å². The lowest BCUT2D eigenvalue weighted by Gasteiger charge is -2.32. The molecule has 3 heterocycles. The van der Waals surface area contributed by atoms with Crippen molar-refractivity contribution in [3.05, 3.63) is 41.7 Å². The standard InChI is InChI=1S/C21H29N5/c1-17-13-18(16-25-11-9-24(2)10-12-25)5-6-20(17)21-22-14-19(15-23-21)26-7-3-4-8-26/h5-6,13-15H,3-4,7-12,16H2,1-2H3. The number of aryl methyl sites for hydroxylation is 1. The highest BCUT2D eigenvalue weighted by Crippen LogP contribution is 2.24. The molecule has 5 heteroatoms. The highest BCUT2D eigenvalue weighted by atomic mass is 15.2. The summed E-state index contributed by atoms with van der Waals surface area (Å²) in [6, 6.07) is 6.72.